The minimum atomic E-state index is -3.02. The lowest BCUT2D eigenvalue weighted by Crippen LogP contribution is -2.35. The zero-order valence-electron chi connectivity index (χ0n) is 14.2. The maximum absolute atomic E-state index is 12.4. The lowest BCUT2D eigenvalue weighted by Gasteiger charge is -2.14. The number of benzene rings is 1. The summed E-state index contributed by atoms with van der Waals surface area (Å²) in [6, 6.07) is 7.41. The summed E-state index contributed by atoms with van der Waals surface area (Å²) < 4.78 is 23.0. The van der Waals surface area contributed by atoms with Gasteiger partial charge in [-0.3, -0.25) is 9.78 Å². The summed E-state index contributed by atoms with van der Waals surface area (Å²) in [6.45, 7) is 4.03. The normalized spacial score (nSPS) is 18.7. The van der Waals surface area contributed by atoms with Crippen molar-refractivity contribution in [3.8, 4) is 0 Å². The molecule has 0 radical (unpaired) electrons. The minimum Gasteiger partial charge on any atom is -0.354 e. The lowest BCUT2D eigenvalue weighted by molar-refractivity contribution is 0.0941. The molecule has 0 aliphatic carbocycles. The molecule has 2 heterocycles. The Kier molecular flexibility index (Phi) is 4.76. The molecule has 7 heteroatoms. The van der Waals surface area contributed by atoms with Crippen molar-refractivity contribution in [2.24, 2.45) is 0 Å². The first kappa shape index (κ1) is 17.4. The average molecular weight is 359 g/mol. The third-order valence-corrected chi connectivity index (χ3v) is 6.09. The van der Waals surface area contributed by atoms with Gasteiger partial charge in [-0.05, 0) is 37.5 Å². The molecule has 1 unspecified atom stereocenters. The fraction of sp³-hybridized carbons (Fsp3) is 0.333. The molecule has 0 saturated carbocycles. The van der Waals surface area contributed by atoms with Crippen molar-refractivity contribution in [2.75, 3.05) is 16.8 Å². The molecule has 1 aliphatic heterocycles. The number of rotatable bonds is 4. The standard InChI is InChI=1S/C18H21N3O3S/c1-12-4-3-5-13(2)17(12)20-16-8-14(9-19-10-16)18(22)21-15-6-7-25(23,24)11-15/h3-5,8-10,15,20H,6-7,11H2,1-2H3,(H,21,22). The zero-order chi connectivity index (χ0) is 18.0. The lowest BCUT2D eigenvalue weighted by atomic mass is 10.1. The molecular formula is C18H21N3O3S. The number of anilines is 2. The SMILES string of the molecule is Cc1cccc(C)c1Nc1cncc(C(=O)NC2CCS(=O)(=O)C2)c1. The van der Waals surface area contributed by atoms with Crippen molar-refractivity contribution in [1.29, 1.82) is 0 Å². The summed E-state index contributed by atoms with van der Waals surface area (Å²) in [5.41, 5.74) is 4.31. The topological polar surface area (TPSA) is 88.2 Å². The fourth-order valence-electron chi connectivity index (χ4n) is 2.97. The summed E-state index contributed by atoms with van der Waals surface area (Å²) in [6.07, 6.45) is 3.60. The van der Waals surface area contributed by atoms with Crippen LogP contribution in [0.1, 0.15) is 27.9 Å². The van der Waals surface area contributed by atoms with Gasteiger partial charge in [0.2, 0.25) is 0 Å². The van der Waals surface area contributed by atoms with Crippen LogP contribution < -0.4 is 10.6 Å². The van der Waals surface area contributed by atoms with E-state index in [9.17, 15) is 13.2 Å². The predicted molar refractivity (Wildman–Crippen MR) is 98.0 cm³/mol. The third-order valence-electron chi connectivity index (χ3n) is 4.32. The van der Waals surface area contributed by atoms with Crippen LogP contribution in [0.25, 0.3) is 0 Å². The Hall–Kier alpha value is -2.41. The third kappa shape index (κ3) is 4.17. The number of para-hydroxylation sites is 1. The second-order valence-electron chi connectivity index (χ2n) is 6.43. The number of amides is 1. The molecule has 2 aromatic rings. The zero-order valence-corrected chi connectivity index (χ0v) is 15.1. The smallest absolute Gasteiger partial charge is 0.253 e. The van der Waals surface area contributed by atoms with Gasteiger partial charge in [0.15, 0.2) is 9.84 Å². The second kappa shape index (κ2) is 6.84. The Morgan fingerprint density at radius 3 is 2.56 bits per heavy atom. The first-order valence-electron chi connectivity index (χ1n) is 8.14. The van der Waals surface area contributed by atoms with Gasteiger partial charge in [0, 0.05) is 17.9 Å². The van der Waals surface area contributed by atoms with Crippen molar-refractivity contribution in [2.45, 2.75) is 26.3 Å². The highest BCUT2D eigenvalue weighted by atomic mass is 32.2. The maximum atomic E-state index is 12.4. The Bertz CT molecular complexity index is 889. The Morgan fingerprint density at radius 1 is 1.20 bits per heavy atom. The molecule has 1 amide bonds. The Balaban J connectivity index is 1.74. The molecular weight excluding hydrogens is 338 g/mol. The number of hydrogen-bond donors (Lipinski definition) is 2. The van der Waals surface area contributed by atoms with Crippen LogP contribution in [-0.4, -0.2) is 36.9 Å². The van der Waals surface area contributed by atoms with Crippen molar-refractivity contribution >= 4 is 27.1 Å². The van der Waals surface area contributed by atoms with E-state index in [1.807, 2.05) is 32.0 Å². The molecule has 6 nitrogen and oxygen atoms in total. The molecule has 1 fully saturated rings. The first-order chi connectivity index (χ1) is 11.8. The van der Waals surface area contributed by atoms with Gasteiger partial charge in [-0.25, -0.2) is 8.42 Å². The van der Waals surface area contributed by atoms with Crippen LogP contribution >= 0.6 is 0 Å². The van der Waals surface area contributed by atoms with E-state index in [2.05, 4.69) is 15.6 Å². The number of aryl methyl sites for hydroxylation is 2. The van der Waals surface area contributed by atoms with Gasteiger partial charge in [-0.15, -0.1) is 0 Å². The van der Waals surface area contributed by atoms with E-state index in [0.717, 1.165) is 16.8 Å². The van der Waals surface area contributed by atoms with Crippen LogP contribution in [0.5, 0.6) is 0 Å². The van der Waals surface area contributed by atoms with Gasteiger partial charge < -0.3 is 10.6 Å². The molecule has 2 N–H and O–H groups in total. The predicted octanol–water partition coefficient (Wildman–Crippen LogP) is 2.36. The van der Waals surface area contributed by atoms with Crippen LogP contribution in [-0.2, 0) is 9.84 Å². The summed E-state index contributed by atoms with van der Waals surface area (Å²) in [4.78, 5) is 16.5. The van der Waals surface area contributed by atoms with E-state index in [0.29, 0.717) is 17.7 Å². The number of sulfone groups is 1. The number of nitrogens with one attached hydrogen (secondary N) is 2. The summed E-state index contributed by atoms with van der Waals surface area (Å²) in [5.74, 6) is -0.170. The second-order valence-corrected chi connectivity index (χ2v) is 8.66. The van der Waals surface area contributed by atoms with E-state index in [1.165, 1.54) is 6.20 Å². The minimum absolute atomic E-state index is 0.00646. The molecule has 0 bridgehead atoms. The number of aromatic nitrogens is 1. The number of pyridine rings is 1. The first-order valence-corrected chi connectivity index (χ1v) is 9.96. The van der Waals surface area contributed by atoms with E-state index < -0.39 is 9.84 Å². The van der Waals surface area contributed by atoms with Crippen molar-refractivity contribution in [3.63, 3.8) is 0 Å². The number of carbonyl (C=O) groups excluding carboxylic acids is 1. The van der Waals surface area contributed by atoms with Crippen LogP contribution in [0.15, 0.2) is 36.7 Å². The number of carbonyl (C=O) groups is 1. The summed E-state index contributed by atoms with van der Waals surface area (Å²) >= 11 is 0. The van der Waals surface area contributed by atoms with Crippen molar-refractivity contribution in [3.05, 3.63) is 53.3 Å². The maximum Gasteiger partial charge on any atom is 0.253 e. The fourth-order valence-corrected chi connectivity index (χ4v) is 4.64. The van der Waals surface area contributed by atoms with E-state index >= 15 is 0 Å². The van der Waals surface area contributed by atoms with Gasteiger partial charge in [0.05, 0.1) is 29.0 Å². The van der Waals surface area contributed by atoms with Crippen LogP contribution in [0.2, 0.25) is 0 Å². The number of nitrogens with zero attached hydrogens (tertiary/aromatic N) is 1. The Labute approximate surface area is 147 Å². The highest BCUT2D eigenvalue weighted by Gasteiger charge is 2.29. The van der Waals surface area contributed by atoms with Gasteiger partial charge in [-0.2, -0.15) is 0 Å². The molecule has 1 aromatic carbocycles. The van der Waals surface area contributed by atoms with Crippen LogP contribution in [0, 0.1) is 13.8 Å². The van der Waals surface area contributed by atoms with Gasteiger partial charge in [0.1, 0.15) is 0 Å². The molecule has 1 aromatic heterocycles. The van der Waals surface area contributed by atoms with Gasteiger partial charge in [-0.1, -0.05) is 18.2 Å². The molecule has 1 aliphatic rings. The van der Waals surface area contributed by atoms with Crippen molar-refractivity contribution < 1.29 is 13.2 Å². The highest BCUT2D eigenvalue weighted by Crippen LogP contribution is 2.24. The molecule has 1 atom stereocenters. The van der Waals surface area contributed by atoms with E-state index in [4.69, 9.17) is 0 Å². The van der Waals surface area contributed by atoms with Crippen molar-refractivity contribution in [1.82, 2.24) is 10.3 Å². The van der Waals surface area contributed by atoms with Gasteiger partial charge >= 0.3 is 0 Å². The molecule has 0 spiro atoms. The Morgan fingerprint density at radius 2 is 1.92 bits per heavy atom. The monoisotopic (exact) mass is 359 g/mol. The van der Waals surface area contributed by atoms with E-state index in [1.54, 1.807) is 12.3 Å². The molecule has 1 saturated heterocycles. The number of hydrogen-bond acceptors (Lipinski definition) is 5. The summed E-state index contributed by atoms with van der Waals surface area (Å²) in [5, 5.41) is 6.08. The van der Waals surface area contributed by atoms with Crippen LogP contribution in [0.4, 0.5) is 11.4 Å². The largest absolute Gasteiger partial charge is 0.354 e. The van der Waals surface area contributed by atoms with Gasteiger partial charge in [0.25, 0.3) is 5.91 Å². The molecule has 3 rings (SSSR count). The molecule has 25 heavy (non-hydrogen) atoms. The highest BCUT2D eigenvalue weighted by molar-refractivity contribution is 7.91. The molecule has 132 valence electrons. The quantitative estimate of drug-likeness (QED) is 0.875. The van der Waals surface area contributed by atoms with E-state index in [-0.39, 0.29) is 23.5 Å². The van der Waals surface area contributed by atoms with Crippen LogP contribution in [0.3, 0.4) is 0 Å². The summed E-state index contributed by atoms with van der Waals surface area (Å²) in [7, 11) is -3.02. The average Bonchev–Trinajstić information content (AvgIpc) is 2.90.